The summed E-state index contributed by atoms with van der Waals surface area (Å²) in [4.78, 5) is 27.5. The fraction of sp³-hybridized carbons (Fsp3) is 0.524. The number of anilines is 2. The molecule has 1 aliphatic heterocycles. The maximum absolute atomic E-state index is 12.7. The van der Waals surface area contributed by atoms with E-state index in [9.17, 15) is 18.0 Å². The van der Waals surface area contributed by atoms with Crippen molar-refractivity contribution in [2.75, 3.05) is 16.8 Å². The lowest BCUT2D eigenvalue weighted by atomic mass is 9.92. The molecule has 0 atom stereocenters. The van der Waals surface area contributed by atoms with Crippen LogP contribution in [0.15, 0.2) is 18.3 Å². The molecule has 0 radical (unpaired) electrons. The van der Waals surface area contributed by atoms with Gasteiger partial charge in [0.2, 0.25) is 5.91 Å². The van der Waals surface area contributed by atoms with E-state index in [2.05, 4.69) is 20.3 Å². The Hall–Kier alpha value is -2.71. The molecule has 0 aromatic carbocycles. The maximum Gasteiger partial charge on any atom is 0.417 e. The molecule has 1 N–H and O–H groups in total. The van der Waals surface area contributed by atoms with Crippen molar-refractivity contribution in [3.05, 3.63) is 41.0 Å². The molecule has 162 valence electrons. The first-order chi connectivity index (χ1) is 13.9. The van der Waals surface area contributed by atoms with Crippen molar-refractivity contribution >= 4 is 17.5 Å². The van der Waals surface area contributed by atoms with Gasteiger partial charge in [0, 0.05) is 19.2 Å². The highest BCUT2D eigenvalue weighted by Gasteiger charge is 2.31. The number of nitrogens with one attached hydrogen (secondary N) is 1. The third-order valence-electron chi connectivity index (χ3n) is 4.72. The Morgan fingerprint density at radius 1 is 1.20 bits per heavy atom. The van der Waals surface area contributed by atoms with Gasteiger partial charge in [-0.3, -0.25) is 9.78 Å². The molecule has 30 heavy (non-hydrogen) atoms. The lowest BCUT2D eigenvalue weighted by Gasteiger charge is -2.30. The molecule has 1 aliphatic rings. The van der Waals surface area contributed by atoms with Crippen molar-refractivity contribution < 1.29 is 18.0 Å². The number of carbonyl (C=O) groups excluding carboxylic acids is 1. The van der Waals surface area contributed by atoms with E-state index >= 15 is 0 Å². The highest BCUT2D eigenvalue weighted by atomic mass is 19.4. The molecule has 0 bridgehead atoms. The number of aromatic nitrogens is 3. The number of hydrogen-bond donors (Lipinski definition) is 1. The van der Waals surface area contributed by atoms with Crippen LogP contribution in [0.25, 0.3) is 0 Å². The van der Waals surface area contributed by atoms with Crippen LogP contribution >= 0.6 is 0 Å². The Balaban J connectivity index is 1.77. The van der Waals surface area contributed by atoms with E-state index in [-0.39, 0.29) is 11.3 Å². The molecule has 9 heteroatoms. The first kappa shape index (κ1) is 22.0. The Morgan fingerprint density at radius 3 is 2.53 bits per heavy atom. The van der Waals surface area contributed by atoms with Crippen molar-refractivity contribution in [1.82, 2.24) is 15.0 Å². The van der Waals surface area contributed by atoms with E-state index in [1.807, 2.05) is 25.7 Å². The molecule has 1 amide bonds. The van der Waals surface area contributed by atoms with Crippen molar-refractivity contribution in [2.45, 2.75) is 59.7 Å². The Bertz CT molecular complexity index is 920. The molecule has 0 unspecified atom stereocenters. The van der Waals surface area contributed by atoms with Crippen LogP contribution in [0.3, 0.4) is 0 Å². The summed E-state index contributed by atoms with van der Waals surface area (Å²) in [6.45, 7) is 8.80. The maximum atomic E-state index is 12.7. The summed E-state index contributed by atoms with van der Waals surface area (Å²) in [5, 5.41) is 2.85. The average Bonchev–Trinajstić information content (AvgIpc) is 2.61. The van der Waals surface area contributed by atoms with Crippen LogP contribution in [0.2, 0.25) is 0 Å². The second-order valence-corrected chi connectivity index (χ2v) is 8.77. The van der Waals surface area contributed by atoms with E-state index in [4.69, 9.17) is 0 Å². The van der Waals surface area contributed by atoms with Gasteiger partial charge in [0.1, 0.15) is 0 Å². The number of fused-ring (bicyclic) bond motifs is 1. The van der Waals surface area contributed by atoms with E-state index in [1.165, 1.54) is 6.07 Å². The number of pyridine rings is 1. The molecule has 0 fully saturated rings. The van der Waals surface area contributed by atoms with Gasteiger partial charge in [-0.2, -0.15) is 13.2 Å². The standard InChI is InChI=1S/C21H26F3N5O/c1-13-18(28-17(30)10-20(2,3)4)27-16-6-5-9-29(19(16)26-13)12-15-8-7-14(11-25-15)21(22,23)24/h7-8,11H,5-6,9-10,12H2,1-4H3,(H,27,28,30). The monoisotopic (exact) mass is 421 g/mol. The number of hydrogen-bond acceptors (Lipinski definition) is 5. The molecular weight excluding hydrogens is 395 g/mol. The van der Waals surface area contributed by atoms with Gasteiger partial charge in [0.05, 0.1) is 29.2 Å². The predicted molar refractivity (Wildman–Crippen MR) is 108 cm³/mol. The smallest absolute Gasteiger partial charge is 0.349 e. The predicted octanol–water partition coefficient (Wildman–Crippen LogP) is 4.53. The van der Waals surface area contributed by atoms with Gasteiger partial charge < -0.3 is 10.2 Å². The molecule has 0 spiro atoms. The van der Waals surface area contributed by atoms with Gasteiger partial charge in [-0.05, 0) is 37.3 Å². The normalized spacial score (nSPS) is 14.4. The number of aryl methyl sites for hydroxylation is 2. The topological polar surface area (TPSA) is 71.0 Å². The van der Waals surface area contributed by atoms with Gasteiger partial charge >= 0.3 is 6.18 Å². The van der Waals surface area contributed by atoms with Gasteiger partial charge in [-0.1, -0.05) is 20.8 Å². The van der Waals surface area contributed by atoms with Crippen LogP contribution in [0.1, 0.15) is 56.3 Å². The average molecular weight is 421 g/mol. The summed E-state index contributed by atoms with van der Waals surface area (Å²) < 4.78 is 38.2. The summed E-state index contributed by atoms with van der Waals surface area (Å²) in [6, 6.07) is 2.43. The molecule has 2 aromatic rings. The zero-order chi connectivity index (χ0) is 22.1. The summed E-state index contributed by atoms with van der Waals surface area (Å²) >= 11 is 0. The molecule has 3 rings (SSSR count). The minimum absolute atomic E-state index is 0.110. The van der Waals surface area contributed by atoms with Gasteiger partial charge in [-0.15, -0.1) is 0 Å². The summed E-state index contributed by atoms with van der Waals surface area (Å²) in [6.07, 6.45) is -1.62. The lowest BCUT2D eigenvalue weighted by molar-refractivity contribution is -0.137. The summed E-state index contributed by atoms with van der Waals surface area (Å²) in [7, 11) is 0. The third-order valence-corrected chi connectivity index (χ3v) is 4.72. The van der Waals surface area contributed by atoms with Crippen LogP contribution in [-0.2, 0) is 23.9 Å². The number of alkyl halides is 3. The fourth-order valence-electron chi connectivity index (χ4n) is 3.32. The van der Waals surface area contributed by atoms with Crippen LogP contribution in [0, 0.1) is 12.3 Å². The van der Waals surface area contributed by atoms with E-state index < -0.39 is 11.7 Å². The van der Waals surface area contributed by atoms with Crippen LogP contribution in [-0.4, -0.2) is 27.4 Å². The Labute approximate surface area is 173 Å². The van der Waals surface area contributed by atoms with E-state index in [0.717, 1.165) is 30.8 Å². The zero-order valence-electron chi connectivity index (χ0n) is 17.6. The Kier molecular flexibility index (Phi) is 6.01. The number of carbonyl (C=O) groups is 1. The fourth-order valence-corrected chi connectivity index (χ4v) is 3.32. The molecule has 0 saturated carbocycles. The molecular formula is C21H26F3N5O. The second kappa shape index (κ2) is 8.20. The number of nitrogens with zero attached hydrogens (tertiary/aromatic N) is 4. The van der Waals surface area contributed by atoms with Crippen LogP contribution in [0.4, 0.5) is 24.8 Å². The van der Waals surface area contributed by atoms with Crippen molar-refractivity contribution in [2.24, 2.45) is 5.41 Å². The first-order valence-corrected chi connectivity index (χ1v) is 9.87. The second-order valence-electron chi connectivity index (χ2n) is 8.77. The lowest BCUT2D eigenvalue weighted by Crippen LogP contribution is -2.31. The highest BCUT2D eigenvalue weighted by Crippen LogP contribution is 2.30. The molecule has 0 saturated heterocycles. The van der Waals surface area contributed by atoms with Gasteiger partial charge in [0.25, 0.3) is 0 Å². The minimum atomic E-state index is -4.40. The Morgan fingerprint density at radius 2 is 1.93 bits per heavy atom. The molecule has 2 aromatic heterocycles. The van der Waals surface area contributed by atoms with E-state index in [1.54, 1.807) is 6.92 Å². The van der Waals surface area contributed by atoms with E-state index in [0.29, 0.717) is 42.5 Å². The largest absolute Gasteiger partial charge is 0.417 e. The SMILES string of the molecule is Cc1nc2c(nc1NC(=O)CC(C)(C)C)CCCN2Cc1ccc(C(F)(F)F)cn1. The highest BCUT2D eigenvalue weighted by molar-refractivity contribution is 5.90. The van der Waals surface area contributed by atoms with Gasteiger partial charge in [-0.25, -0.2) is 9.97 Å². The zero-order valence-corrected chi connectivity index (χ0v) is 17.6. The molecule has 0 aliphatic carbocycles. The number of rotatable bonds is 4. The van der Waals surface area contributed by atoms with Crippen LogP contribution in [0.5, 0.6) is 0 Å². The third kappa shape index (κ3) is 5.46. The van der Waals surface area contributed by atoms with Crippen LogP contribution < -0.4 is 10.2 Å². The quantitative estimate of drug-likeness (QED) is 0.786. The number of amides is 1. The summed E-state index contributed by atoms with van der Waals surface area (Å²) in [5.74, 6) is 1.04. The van der Waals surface area contributed by atoms with Crippen molar-refractivity contribution in [3.8, 4) is 0 Å². The van der Waals surface area contributed by atoms with Gasteiger partial charge in [0.15, 0.2) is 11.6 Å². The van der Waals surface area contributed by atoms with Crippen molar-refractivity contribution in [1.29, 1.82) is 0 Å². The minimum Gasteiger partial charge on any atom is -0.349 e. The molecule has 6 nitrogen and oxygen atoms in total. The number of halogens is 3. The summed E-state index contributed by atoms with van der Waals surface area (Å²) in [5.41, 5.74) is 0.994. The van der Waals surface area contributed by atoms with Crippen molar-refractivity contribution in [3.63, 3.8) is 0 Å². The first-order valence-electron chi connectivity index (χ1n) is 9.87. The molecule has 3 heterocycles.